The molecule has 0 radical (unpaired) electrons. The van der Waals surface area contributed by atoms with Gasteiger partial charge < -0.3 is 16.0 Å². The SMILES string of the molecule is CC(C)NC(=O)N1CCC(CN)(Cc2ccccc2)CC1. The molecule has 0 aromatic heterocycles. The van der Waals surface area contributed by atoms with Crippen LogP contribution in [0.1, 0.15) is 32.3 Å². The predicted octanol–water partition coefficient (Wildman–Crippen LogP) is 2.39. The molecule has 0 aliphatic carbocycles. The summed E-state index contributed by atoms with van der Waals surface area (Å²) in [6, 6.07) is 10.7. The molecule has 1 heterocycles. The van der Waals surface area contributed by atoms with Gasteiger partial charge in [-0.25, -0.2) is 4.79 Å². The van der Waals surface area contributed by atoms with Gasteiger partial charge in [-0.05, 0) is 50.6 Å². The van der Waals surface area contributed by atoms with Gasteiger partial charge in [0, 0.05) is 19.1 Å². The Morgan fingerprint density at radius 1 is 1.29 bits per heavy atom. The summed E-state index contributed by atoms with van der Waals surface area (Å²) in [4.78, 5) is 14.0. The molecule has 3 N–H and O–H groups in total. The topological polar surface area (TPSA) is 58.4 Å². The molecule has 0 saturated carbocycles. The standard InChI is InChI=1S/C17H27N3O/c1-14(2)19-16(21)20-10-8-17(13-18,9-11-20)12-15-6-4-3-5-7-15/h3-7,14H,8-13,18H2,1-2H3,(H,19,21). The van der Waals surface area contributed by atoms with Crippen molar-refractivity contribution < 1.29 is 4.79 Å². The van der Waals surface area contributed by atoms with Crippen molar-refractivity contribution in [1.29, 1.82) is 0 Å². The van der Waals surface area contributed by atoms with Gasteiger partial charge in [-0.3, -0.25) is 0 Å². The van der Waals surface area contributed by atoms with E-state index in [2.05, 4.69) is 29.6 Å². The number of rotatable bonds is 4. The van der Waals surface area contributed by atoms with Crippen LogP contribution in [-0.2, 0) is 6.42 Å². The summed E-state index contributed by atoms with van der Waals surface area (Å²) in [5.41, 5.74) is 7.54. The molecule has 21 heavy (non-hydrogen) atoms. The molecule has 116 valence electrons. The molecule has 1 fully saturated rings. The molecule has 1 saturated heterocycles. The van der Waals surface area contributed by atoms with Crippen molar-refractivity contribution in [2.24, 2.45) is 11.1 Å². The molecule has 4 heteroatoms. The van der Waals surface area contributed by atoms with Gasteiger partial charge in [-0.2, -0.15) is 0 Å². The number of hydrogen-bond donors (Lipinski definition) is 2. The van der Waals surface area contributed by atoms with Crippen molar-refractivity contribution in [2.45, 2.75) is 39.2 Å². The number of urea groups is 1. The molecule has 1 aliphatic rings. The van der Waals surface area contributed by atoms with Gasteiger partial charge >= 0.3 is 6.03 Å². The van der Waals surface area contributed by atoms with Crippen LogP contribution < -0.4 is 11.1 Å². The van der Waals surface area contributed by atoms with Crippen LogP contribution in [0.4, 0.5) is 4.79 Å². The van der Waals surface area contributed by atoms with Crippen molar-refractivity contribution in [3.8, 4) is 0 Å². The van der Waals surface area contributed by atoms with E-state index in [9.17, 15) is 4.79 Å². The summed E-state index contributed by atoms with van der Waals surface area (Å²) >= 11 is 0. The fourth-order valence-electron chi connectivity index (χ4n) is 3.00. The first-order chi connectivity index (χ1) is 10.0. The highest BCUT2D eigenvalue weighted by atomic mass is 16.2. The molecule has 0 atom stereocenters. The first-order valence-corrected chi connectivity index (χ1v) is 7.84. The average molecular weight is 289 g/mol. The Labute approximate surface area is 127 Å². The maximum atomic E-state index is 12.0. The van der Waals surface area contributed by atoms with Crippen LogP contribution in [0.2, 0.25) is 0 Å². The zero-order chi connectivity index (χ0) is 15.3. The molecule has 1 aromatic carbocycles. The second-order valence-electron chi connectivity index (χ2n) is 6.46. The Morgan fingerprint density at radius 3 is 2.43 bits per heavy atom. The van der Waals surface area contributed by atoms with Crippen LogP contribution in [-0.4, -0.2) is 36.6 Å². The first-order valence-electron chi connectivity index (χ1n) is 7.84. The van der Waals surface area contributed by atoms with Crippen LogP contribution >= 0.6 is 0 Å². The van der Waals surface area contributed by atoms with Crippen LogP contribution in [0.5, 0.6) is 0 Å². The zero-order valence-corrected chi connectivity index (χ0v) is 13.1. The Morgan fingerprint density at radius 2 is 1.90 bits per heavy atom. The maximum absolute atomic E-state index is 12.0. The number of nitrogens with one attached hydrogen (secondary N) is 1. The van der Waals surface area contributed by atoms with E-state index in [1.807, 2.05) is 24.8 Å². The number of hydrogen-bond acceptors (Lipinski definition) is 2. The third kappa shape index (κ3) is 4.21. The van der Waals surface area contributed by atoms with Gasteiger partial charge in [-0.15, -0.1) is 0 Å². The number of nitrogens with two attached hydrogens (primary N) is 1. The Bertz CT molecular complexity index is 450. The van der Waals surface area contributed by atoms with Crippen LogP contribution in [0.25, 0.3) is 0 Å². The molecular formula is C17H27N3O. The zero-order valence-electron chi connectivity index (χ0n) is 13.1. The van der Waals surface area contributed by atoms with Crippen LogP contribution in [0, 0.1) is 5.41 Å². The van der Waals surface area contributed by atoms with Gasteiger partial charge in [0.1, 0.15) is 0 Å². The molecule has 2 rings (SSSR count). The minimum Gasteiger partial charge on any atom is -0.336 e. The molecule has 2 amide bonds. The number of piperidine rings is 1. The second-order valence-corrected chi connectivity index (χ2v) is 6.46. The summed E-state index contributed by atoms with van der Waals surface area (Å²) in [6.07, 6.45) is 2.96. The average Bonchev–Trinajstić information content (AvgIpc) is 2.48. The van der Waals surface area contributed by atoms with Crippen molar-refractivity contribution in [3.05, 3.63) is 35.9 Å². The van der Waals surface area contributed by atoms with E-state index in [-0.39, 0.29) is 17.5 Å². The van der Waals surface area contributed by atoms with Crippen LogP contribution in [0.3, 0.4) is 0 Å². The van der Waals surface area contributed by atoms with E-state index in [4.69, 9.17) is 5.73 Å². The number of likely N-dealkylation sites (tertiary alicyclic amines) is 1. The molecular weight excluding hydrogens is 262 g/mol. The summed E-state index contributed by atoms with van der Waals surface area (Å²) < 4.78 is 0. The first kappa shape index (κ1) is 15.8. The van der Waals surface area contributed by atoms with Crippen molar-refractivity contribution in [1.82, 2.24) is 10.2 Å². The minimum absolute atomic E-state index is 0.0512. The highest BCUT2D eigenvalue weighted by Gasteiger charge is 2.34. The van der Waals surface area contributed by atoms with E-state index in [0.29, 0.717) is 6.54 Å². The van der Waals surface area contributed by atoms with E-state index in [0.717, 1.165) is 32.4 Å². The van der Waals surface area contributed by atoms with Crippen LogP contribution in [0.15, 0.2) is 30.3 Å². The maximum Gasteiger partial charge on any atom is 0.317 e. The summed E-state index contributed by atoms with van der Waals surface area (Å²) in [6.45, 7) is 6.25. The van der Waals surface area contributed by atoms with Gasteiger partial charge in [0.15, 0.2) is 0 Å². The van der Waals surface area contributed by atoms with Gasteiger partial charge in [0.25, 0.3) is 0 Å². The second kappa shape index (κ2) is 6.94. The lowest BCUT2D eigenvalue weighted by Gasteiger charge is -2.41. The van der Waals surface area contributed by atoms with E-state index in [1.54, 1.807) is 0 Å². The van der Waals surface area contributed by atoms with Gasteiger partial charge in [0.2, 0.25) is 0 Å². The quantitative estimate of drug-likeness (QED) is 0.894. The monoisotopic (exact) mass is 289 g/mol. The number of benzene rings is 1. The molecule has 1 aromatic rings. The number of carbonyl (C=O) groups excluding carboxylic acids is 1. The minimum atomic E-state index is 0.0512. The summed E-state index contributed by atoms with van der Waals surface area (Å²) in [7, 11) is 0. The van der Waals surface area contributed by atoms with Gasteiger partial charge in [0.05, 0.1) is 0 Å². The van der Waals surface area contributed by atoms with E-state index in [1.165, 1.54) is 5.56 Å². The lowest BCUT2D eigenvalue weighted by atomic mass is 9.74. The lowest BCUT2D eigenvalue weighted by molar-refractivity contribution is 0.120. The molecule has 4 nitrogen and oxygen atoms in total. The Balaban J connectivity index is 1.95. The fraction of sp³-hybridized carbons (Fsp3) is 0.588. The van der Waals surface area contributed by atoms with Gasteiger partial charge in [-0.1, -0.05) is 30.3 Å². The van der Waals surface area contributed by atoms with E-state index < -0.39 is 0 Å². The van der Waals surface area contributed by atoms with Crippen molar-refractivity contribution in [2.75, 3.05) is 19.6 Å². The Kier molecular flexibility index (Phi) is 5.23. The summed E-state index contributed by atoms with van der Waals surface area (Å²) in [5.74, 6) is 0. The third-order valence-corrected chi connectivity index (χ3v) is 4.38. The normalized spacial score (nSPS) is 17.8. The van der Waals surface area contributed by atoms with Crippen molar-refractivity contribution >= 4 is 6.03 Å². The third-order valence-electron chi connectivity index (χ3n) is 4.38. The van der Waals surface area contributed by atoms with E-state index >= 15 is 0 Å². The molecule has 0 bridgehead atoms. The number of amides is 2. The smallest absolute Gasteiger partial charge is 0.317 e. The summed E-state index contributed by atoms with van der Waals surface area (Å²) in [5, 5.41) is 2.96. The Hall–Kier alpha value is -1.55. The fourth-order valence-corrected chi connectivity index (χ4v) is 3.00. The number of nitrogens with zero attached hydrogens (tertiary/aromatic N) is 1. The van der Waals surface area contributed by atoms with Crippen molar-refractivity contribution in [3.63, 3.8) is 0 Å². The highest BCUT2D eigenvalue weighted by Crippen LogP contribution is 2.34. The predicted molar refractivity (Wildman–Crippen MR) is 86.1 cm³/mol. The lowest BCUT2D eigenvalue weighted by Crippen LogP contribution is -2.51. The highest BCUT2D eigenvalue weighted by molar-refractivity contribution is 5.74. The molecule has 0 unspecified atom stereocenters. The number of carbonyl (C=O) groups is 1. The molecule has 1 aliphatic heterocycles. The molecule has 0 spiro atoms. The largest absolute Gasteiger partial charge is 0.336 e.